The van der Waals surface area contributed by atoms with E-state index in [1.807, 2.05) is 16.9 Å². The van der Waals surface area contributed by atoms with Crippen LogP contribution < -0.4 is 5.32 Å². The van der Waals surface area contributed by atoms with Gasteiger partial charge in [0.25, 0.3) is 0 Å². The van der Waals surface area contributed by atoms with Crippen LogP contribution in [0.3, 0.4) is 0 Å². The molecule has 0 unspecified atom stereocenters. The number of pyridine rings is 1. The number of aromatic amines is 1. The van der Waals surface area contributed by atoms with Gasteiger partial charge in [0.2, 0.25) is 0 Å². The van der Waals surface area contributed by atoms with Crippen molar-refractivity contribution in [1.29, 1.82) is 5.26 Å². The minimum atomic E-state index is -0.533. The molecule has 5 rings (SSSR count). The number of hydrogen-bond acceptors (Lipinski definition) is 4. The van der Waals surface area contributed by atoms with Gasteiger partial charge >= 0.3 is 0 Å². The highest BCUT2D eigenvalue weighted by Crippen LogP contribution is 2.31. The highest BCUT2D eigenvalue weighted by atomic mass is 35.5. The number of nitrogens with zero attached hydrogens (tertiary/aromatic N) is 4. The summed E-state index contributed by atoms with van der Waals surface area (Å²) in [6.07, 6.45) is 11.2. The second-order valence-electron chi connectivity index (χ2n) is 7.82. The van der Waals surface area contributed by atoms with Crippen LogP contribution in [0.4, 0.5) is 4.39 Å². The lowest BCUT2D eigenvalue weighted by Crippen LogP contribution is -2.29. The summed E-state index contributed by atoms with van der Waals surface area (Å²) in [5.41, 5.74) is 3.57. The molecular weight excluding hydrogens is 427 g/mol. The fourth-order valence-electron chi connectivity index (χ4n) is 4.13. The Labute approximate surface area is 189 Å². The molecule has 4 heterocycles. The third-order valence-corrected chi connectivity index (χ3v) is 6.15. The Hall–Kier alpha value is -3.47. The van der Waals surface area contributed by atoms with E-state index in [1.54, 1.807) is 24.5 Å². The molecule has 0 bridgehead atoms. The number of fused-ring (bicyclic) bond motifs is 1. The van der Waals surface area contributed by atoms with Crippen LogP contribution in [0.5, 0.6) is 0 Å². The largest absolute Gasteiger partial charge is 0.346 e. The van der Waals surface area contributed by atoms with Crippen molar-refractivity contribution in [2.45, 2.75) is 18.9 Å². The number of H-pyrrole nitrogens is 1. The van der Waals surface area contributed by atoms with E-state index in [1.165, 1.54) is 12.1 Å². The summed E-state index contributed by atoms with van der Waals surface area (Å²) < 4.78 is 16.4. The number of aromatic nitrogens is 4. The van der Waals surface area contributed by atoms with Crippen molar-refractivity contribution in [2.24, 2.45) is 0 Å². The summed E-state index contributed by atoms with van der Waals surface area (Å²) in [5, 5.41) is 18.6. The van der Waals surface area contributed by atoms with Crippen LogP contribution >= 0.6 is 11.6 Å². The zero-order valence-corrected chi connectivity index (χ0v) is 17.9. The SMILES string of the molecule is N#C/C(=C/c1c[nH]c2ncc(-c3cnn(C4CCNCC4)c3)cc12)c1c(F)cccc1Cl. The van der Waals surface area contributed by atoms with Gasteiger partial charge < -0.3 is 10.3 Å². The molecule has 0 radical (unpaired) electrons. The van der Waals surface area contributed by atoms with Crippen molar-refractivity contribution in [3.05, 3.63) is 71.0 Å². The molecule has 4 aromatic rings. The fourth-order valence-corrected chi connectivity index (χ4v) is 4.39. The van der Waals surface area contributed by atoms with Gasteiger partial charge in [-0.2, -0.15) is 10.4 Å². The molecule has 1 aliphatic heterocycles. The van der Waals surface area contributed by atoms with E-state index in [2.05, 4.69) is 32.6 Å². The van der Waals surface area contributed by atoms with Gasteiger partial charge in [0.05, 0.1) is 28.9 Å². The molecule has 3 aromatic heterocycles. The molecule has 2 N–H and O–H groups in total. The van der Waals surface area contributed by atoms with Crippen molar-refractivity contribution in [3.63, 3.8) is 0 Å². The topological polar surface area (TPSA) is 82.3 Å². The monoisotopic (exact) mass is 446 g/mol. The maximum atomic E-state index is 14.4. The van der Waals surface area contributed by atoms with Crippen molar-refractivity contribution in [3.8, 4) is 17.2 Å². The Kier molecular flexibility index (Phi) is 5.48. The number of rotatable bonds is 4. The molecule has 0 amide bonds. The predicted octanol–water partition coefficient (Wildman–Crippen LogP) is 5.21. The molecule has 1 aliphatic rings. The van der Waals surface area contributed by atoms with Crippen molar-refractivity contribution in [1.82, 2.24) is 25.1 Å². The minimum Gasteiger partial charge on any atom is -0.346 e. The second kappa shape index (κ2) is 8.58. The number of nitrogens with one attached hydrogen (secondary N) is 2. The standard InChI is InChI=1S/C24H20ClFN6/c25-21-2-1-3-22(26)23(21)15(10-27)8-17-12-30-24-20(17)9-16(11-29-24)18-13-31-32(14-18)19-4-6-28-7-5-19/h1-3,8-9,11-14,19,28H,4-7H2,(H,29,30)/b15-8-. The van der Waals surface area contributed by atoms with E-state index in [0.717, 1.165) is 48.0 Å². The summed E-state index contributed by atoms with van der Waals surface area (Å²) in [4.78, 5) is 7.64. The number of benzene rings is 1. The van der Waals surface area contributed by atoms with Crippen molar-refractivity contribution in [2.75, 3.05) is 13.1 Å². The van der Waals surface area contributed by atoms with Gasteiger partial charge in [-0.05, 0) is 50.2 Å². The molecular formula is C24H20ClFN6. The number of halogens is 2. The van der Waals surface area contributed by atoms with Gasteiger partial charge in [-0.3, -0.25) is 4.68 Å². The zero-order valence-electron chi connectivity index (χ0n) is 17.1. The first-order valence-electron chi connectivity index (χ1n) is 10.4. The van der Waals surface area contributed by atoms with Crippen LogP contribution in [0.1, 0.15) is 30.0 Å². The molecule has 160 valence electrons. The lowest BCUT2D eigenvalue weighted by Gasteiger charge is -2.22. The van der Waals surface area contributed by atoms with E-state index in [-0.39, 0.29) is 16.2 Å². The summed E-state index contributed by atoms with van der Waals surface area (Å²) in [7, 11) is 0. The average molecular weight is 447 g/mol. The summed E-state index contributed by atoms with van der Waals surface area (Å²) in [6.45, 7) is 2.00. The number of nitriles is 1. The van der Waals surface area contributed by atoms with Crippen LogP contribution in [-0.2, 0) is 0 Å². The number of hydrogen-bond donors (Lipinski definition) is 2. The zero-order chi connectivity index (χ0) is 22.1. The summed E-state index contributed by atoms with van der Waals surface area (Å²) in [6, 6.07) is 8.86. The van der Waals surface area contributed by atoms with Crippen molar-refractivity contribution >= 4 is 34.3 Å². The second-order valence-corrected chi connectivity index (χ2v) is 8.23. The van der Waals surface area contributed by atoms with Gasteiger partial charge in [0.1, 0.15) is 11.5 Å². The van der Waals surface area contributed by atoms with Crippen LogP contribution in [0.2, 0.25) is 5.02 Å². The Bertz CT molecular complexity index is 1340. The molecule has 0 aliphatic carbocycles. The van der Waals surface area contributed by atoms with Gasteiger partial charge in [0, 0.05) is 46.2 Å². The molecule has 8 heteroatoms. The Balaban J connectivity index is 1.53. The molecule has 1 aromatic carbocycles. The molecule has 0 atom stereocenters. The van der Waals surface area contributed by atoms with Gasteiger partial charge in [-0.25, -0.2) is 9.37 Å². The fraction of sp³-hybridized carbons (Fsp3) is 0.208. The summed E-state index contributed by atoms with van der Waals surface area (Å²) in [5.74, 6) is -0.533. The van der Waals surface area contributed by atoms with E-state index in [0.29, 0.717) is 11.7 Å². The number of piperidine rings is 1. The van der Waals surface area contributed by atoms with Crippen molar-refractivity contribution < 1.29 is 4.39 Å². The average Bonchev–Trinajstić information content (AvgIpc) is 3.46. The molecule has 1 saturated heterocycles. The van der Waals surface area contributed by atoms with Gasteiger partial charge in [0.15, 0.2) is 0 Å². The maximum absolute atomic E-state index is 14.4. The smallest absolute Gasteiger partial charge is 0.137 e. The third-order valence-electron chi connectivity index (χ3n) is 5.83. The Morgan fingerprint density at radius 3 is 2.88 bits per heavy atom. The Morgan fingerprint density at radius 2 is 2.09 bits per heavy atom. The van der Waals surface area contributed by atoms with Gasteiger partial charge in [-0.1, -0.05) is 17.7 Å². The highest BCUT2D eigenvalue weighted by Gasteiger charge is 2.17. The molecule has 0 spiro atoms. The van der Waals surface area contributed by atoms with Gasteiger partial charge in [-0.15, -0.1) is 0 Å². The van der Waals surface area contributed by atoms with Crippen LogP contribution in [0.25, 0.3) is 33.8 Å². The lowest BCUT2D eigenvalue weighted by molar-refractivity contribution is 0.343. The Morgan fingerprint density at radius 1 is 1.25 bits per heavy atom. The van der Waals surface area contributed by atoms with E-state index in [4.69, 9.17) is 11.6 Å². The maximum Gasteiger partial charge on any atom is 0.137 e. The lowest BCUT2D eigenvalue weighted by atomic mass is 10.0. The first kappa shape index (κ1) is 20.4. The van der Waals surface area contributed by atoms with Crippen LogP contribution in [0, 0.1) is 17.1 Å². The van der Waals surface area contributed by atoms with E-state index >= 15 is 0 Å². The quantitative estimate of drug-likeness (QED) is 0.422. The van der Waals surface area contributed by atoms with E-state index in [9.17, 15) is 9.65 Å². The minimum absolute atomic E-state index is 0.0957. The highest BCUT2D eigenvalue weighted by molar-refractivity contribution is 6.32. The van der Waals surface area contributed by atoms with Crippen LogP contribution in [-0.4, -0.2) is 32.8 Å². The van der Waals surface area contributed by atoms with Crippen LogP contribution in [0.15, 0.2) is 49.1 Å². The molecule has 0 saturated carbocycles. The normalized spacial score (nSPS) is 15.2. The summed E-state index contributed by atoms with van der Waals surface area (Å²) >= 11 is 6.17. The number of allylic oxidation sites excluding steroid dienone is 1. The molecule has 32 heavy (non-hydrogen) atoms. The van der Waals surface area contributed by atoms with E-state index < -0.39 is 5.82 Å². The first-order valence-corrected chi connectivity index (χ1v) is 10.8. The first-order chi connectivity index (χ1) is 15.6. The molecule has 1 fully saturated rings. The molecule has 6 nitrogen and oxygen atoms in total. The third kappa shape index (κ3) is 3.79. The predicted molar refractivity (Wildman–Crippen MR) is 123 cm³/mol.